The van der Waals surface area contributed by atoms with E-state index in [4.69, 9.17) is 0 Å². The van der Waals surface area contributed by atoms with Crippen molar-refractivity contribution in [3.05, 3.63) is 0 Å². The second-order valence-electron chi connectivity index (χ2n) is 5.44. The smallest absolute Gasteiger partial charge is 0.223 e. The van der Waals surface area contributed by atoms with Crippen LogP contribution in [0.15, 0.2) is 0 Å². The van der Waals surface area contributed by atoms with E-state index in [0.29, 0.717) is 5.92 Å². The van der Waals surface area contributed by atoms with E-state index in [2.05, 4.69) is 17.6 Å². The predicted molar refractivity (Wildman–Crippen MR) is 65.1 cm³/mol. The molecule has 1 unspecified atom stereocenters. The highest BCUT2D eigenvalue weighted by Gasteiger charge is 2.28. The molecule has 3 heteroatoms. The monoisotopic (exact) mass is 224 g/mol. The van der Waals surface area contributed by atoms with Gasteiger partial charge in [-0.15, -0.1) is 0 Å². The van der Waals surface area contributed by atoms with Crippen LogP contribution in [0.25, 0.3) is 0 Å². The maximum Gasteiger partial charge on any atom is 0.223 e. The number of rotatable bonds is 5. The minimum atomic E-state index is 0.185. The summed E-state index contributed by atoms with van der Waals surface area (Å²) in [5.74, 6) is 1.88. The van der Waals surface area contributed by atoms with Gasteiger partial charge in [0.05, 0.1) is 0 Å². The Morgan fingerprint density at radius 2 is 2.06 bits per heavy atom. The summed E-state index contributed by atoms with van der Waals surface area (Å²) in [6.45, 7) is 4.96. The number of hydrogen-bond donors (Lipinski definition) is 2. The molecule has 1 saturated carbocycles. The van der Waals surface area contributed by atoms with Crippen LogP contribution in [0.5, 0.6) is 0 Å². The van der Waals surface area contributed by atoms with E-state index in [1.165, 1.54) is 32.1 Å². The summed E-state index contributed by atoms with van der Waals surface area (Å²) in [4.78, 5) is 11.8. The van der Waals surface area contributed by atoms with Gasteiger partial charge in [0, 0.05) is 12.5 Å². The minimum Gasteiger partial charge on any atom is -0.356 e. The van der Waals surface area contributed by atoms with E-state index < -0.39 is 0 Å². The first kappa shape index (κ1) is 11.9. The highest BCUT2D eigenvalue weighted by atomic mass is 16.1. The molecular formula is C13H24N2O. The number of hydrogen-bond acceptors (Lipinski definition) is 2. The molecule has 1 aliphatic heterocycles. The number of nitrogens with one attached hydrogen (secondary N) is 2. The zero-order valence-electron chi connectivity index (χ0n) is 10.3. The molecule has 2 N–H and O–H groups in total. The van der Waals surface area contributed by atoms with E-state index in [0.717, 1.165) is 25.6 Å². The Hall–Kier alpha value is -0.570. The first-order chi connectivity index (χ1) is 7.77. The third-order valence-electron chi connectivity index (χ3n) is 4.26. The lowest BCUT2D eigenvalue weighted by molar-refractivity contribution is -0.126. The summed E-state index contributed by atoms with van der Waals surface area (Å²) in [5.41, 5.74) is 0. The molecule has 1 amide bonds. The molecule has 92 valence electrons. The van der Waals surface area contributed by atoms with E-state index in [-0.39, 0.29) is 11.8 Å². The molecule has 0 bridgehead atoms. The van der Waals surface area contributed by atoms with E-state index in [9.17, 15) is 4.79 Å². The van der Waals surface area contributed by atoms with Crippen molar-refractivity contribution in [2.24, 2.45) is 17.8 Å². The van der Waals surface area contributed by atoms with Gasteiger partial charge in [-0.2, -0.15) is 0 Å². The molecular weight excluding hydrogens is 200 g/mol. The van der Waals surface area contributed by atoms with Crippen molar-refractivity contribution >= 4 is 5.91 Å². The zero-order valence-corrected chi connectivity index (χ0v) is 10.3. The van der Waals surface area contributed by atoms with Crippen molar-refractivity contribution in [1.29, 1.82) is 0 Å². The van der Waals surface area contributed by atoms with Crippen LogP contribution < -0.4 is 10.6 Å². The molecule has 0 aromatic heterocycles. The van der Waals surface area contributed by atoms with Gasteiger partial charge in [-0.05, 0) is 31.3 Å². The van der Waals surface area contributed by atoms with Gasteiger partial charge < -0.3 is 10.6 Å². The highest BCUT2D eigenvalue weighted by molar-refractivity contribution is 5.78. The van der Waals surface area contributed by atoms with Gasteiger partial charge in [-0.25, -0.2) is 0 Å². The second kappa shape index (κ2) is 5.67. The van der Waals surface area contributed by atoms with E-state index in [1.807, 2.05) is 0 Å². The first-order valence-electron chi connectivity index (χ1n) is 6.76. The van der Waals surface area contributed by atoms with Crippen molar-refractivity contribution in [1.82, 2.24) is 10.6 Å². The van der Waals surface area contributed by atoms with Crippen molar-refractivity contribution < 1.29 is 4.79 Å². The largest absolute Gasteiger partial charge is 0.356 e. The standard InChI is InChI=1S/C13H24N2O/c1-10(12-8-14-9-12)13(16)15-7-6-11-4-2-3-5-11/h10-12,14H,2-9H2,1H3,(H,15,16). The van der Waals surface area contributed by atoms with E-state index in [1.54, 1.807) is 0 Å². The van der Waals surface area contributed by atoms with Crippen LogP contribution in [-0.2, 0) is 4.79 Å². The average molecular weight is 224 g/mol. The van der Waals surface area contributed by atoms with Crippen molar-refractivity contribution in [3.63, 3.8) is 0 Å². The maximum absolute atomic E-state index is 11.8. The van der Waals surface area contributed by atoms with Gasteiger partial charge in [0.1, 0.15) is 0 Å². The summed E-state index contributed by atoms with van der Waals surface area (Å²) in [7, 11) is 0. The Bertz CT molecular complexity index is 232. The van der Waals surface area contributed by atoms with Crippen LogP contribution in [0.3, 0.4) is 0 Å². The molecule has 1 atom stereocenters. The Morgan fingerprint density at radius 1 is 1.38 bits per heavy atom. The first-order valence-corrected chi connectivity index (χ1v) is 6.76. The Balaban J connectivity index is 1.59. The number of carbonyl (C=O) groups excluding carboxylic acids is 1. The van der Waals surface area contributed by atoms with Crippen LogP contribution in [0, 0.1) is 17.8 Å². The molecule has 0 spiro atoms. The van der Waals surface area contributed by atoms with Gasteiger partial charge in [0.15, 0.2) is 0 Å². The fourth-order valence-electron chi connectivity index (χ4n) is 2.74. The molecule has 2 rings (SSSR count). The lowest BCUT2D eigenvalue weighted by Gasteiger charge is -2.31. The molecule has 0 aromatic carbocycles. The van der Waals surface area contributed by atoms with Gasteiger partial charge in [0.25, 0.3) is 0 Å². The fourth-order valence-corrected chi connectivity index (χ4v) is 2.74. The topological polar surface area (TPSA) is 41.1 Å². The Kier molecular flexibility index (Phi) is 4.22. The van der Waals surface area contributed by atoms with Crippen LogP contribution in [0.2, 0.25) is 0 Å². The lowest BCUT2D eigenvalue weighted by atomic mass is 9.88. The quantitative estimate of drug-likeness (QED) is 0.743. The van der Waals surface area contributed by atoms with Gasteiger partial charge >= 0.3 is 0 Å². The fraction of sp³-hybridized carbons (Fsp3) is 0.923. The van der Waals surface area contributed by atoms with Crippen LogP contribution in [0.4, 0.5) is 0 Å². The van der Waals surface area contributed by atoms with Gasteiger partial charge in [0.2, 0.25) is 5.91 Å². The third kappa shape index (κ3) is 2.97. The van der Waals surface area contributed by atoms with Crippen molar-refractivity contribution in [2.75, 3.05) is 19.6 Å². The molecule has 1 saturated heterocycles. The Labute approximate surface area is 98.4 Å². The normalized spacial score (nSPS) is 24.1. The molecule has 0 aromatic rings. The van der Waals surface area contributed by atoms with E-state index >= 15 is 0 Å². The lowest BCUT2D eigenvalue weighted by Crippen LogP contribution is -2.49. The van der Waals surface area contributed by atoms with Crippen LogP contribution in [0.1, 0.15) is 39.0 Å². The van der Waals surface area contributed by atoms with Gasteiger partial charge in [-0.3, -0.25) is 4.79 Å². The molecule has 0 radical (unpaired) electrons. The highest BCUT2D eigenvalue weighted by Crippen LogP contribution is 2.27. The molecule has 2 aliphatic rings. The molecule has 1 aliphatic carbocycles. The van der Waals surface area contributed by atoms with Gasteiger partial charge in [-0.1, -0.05) is 32.6 Å². The number of amides is 1. The zero-order chi connectivity index (χ0) is 11.4. The minimum absolute atomic E-state index is 0.185. The van der Waals surface area contributed by atoms with Crippen molar-refractivity contribution in [2.45, 2.75) is 39.0 Å². The third-order valence-corrected chi connectivity index (χ3v) is 4.26. The summed E-state index contributed by atoms with van der Waals surface area (Å²) in [6, 6.07) is 0. The SMILES string of the molecule is CC(C(=O)NCCC1CCCC1)C1CNC1. The summed E-state index contributed by atoms with van der Waals surface area (Å²) >= 11 is 0. The predicted octanol–water partition coefficient (Wildman–Crippen LogP) is 1.54. The van der Waals surface area contributed by atoms with Crippen LogP contribution in [-0.4, -0.2) is 25.5 Å². The molecule has 16 heavy (non-hydrogen) atoms. The summed E-state index contributed by atoms with van der Waals surface area (Å²) in [6.07, 6.45) is 6.71. The second-order valence-corrected chi connectivity index (χ2v) is 5.44. The van der Waals surface area contributed by atoms with Crippen LogP contribution >= 0.6 is 0 Å². The summed E-state index contributed by atoms with van der Waals surface area (Å²) < 4.78 is 0. The average Bonchev–Trinajstić information content (AvgIpc) is 2.67. The number of carbonyl (C=O) groups is 1. The van der Waals surface area contributed by atoms with Crippen molar-refractivity contribution in [3.8, 4) is 0 Å². The Morgan fingerprint density at radius 3 is 2.62 bits per heavy atom. The molecule has 1 heterocycles. The summed E-state index contributed by atoms with van der Waals surface area (Å²) in [5, 5.41) is 6.31. The maximum atomic E-state index is 11.8. The molecule has 2 fully saturated rings. The molecule has 3 nitrogen and oxygen atoms in total.